The monoisotopic (exact) mass is 438 g/mol. The molecule has 2 heterocycles. The Morgan fingerprint density at radius 2 is 1.91 bits per heavy atom. The zero-order valence-corrected chi connectivity index (χ0v) is 18.0. The number of carboxylic acid groups (broad SMARTS) is 1. The van der Waals surface area contributed by atoms with Crippen molar-refractivity contribution in [2.24, 2.45) is 5.73 Å². The zero-order chi connectivity index (χ0) is 23.1. The summed E-state index contributed by atoms with van der Waals surface area (Å²) in [5.74, 6) is 0.137. The fraction of sp³-hybridized carbons (Fsp3) is 0.304. The van der Waals surface area contributed by atoms with E-state index in [1.807, 2.05) is 0 Å². The first-order valence-corrected chi connectivity index (χ1v) is 10.3. The number of primary amides is 1. The van der Waals surface area contributed by atoms with E-state index < -0.39 is 17.5 Å². The Bertz CT molecular complexity index is 1110. The van der Waals surface area contributed by atoms with Gasteiger partial charge in [0.25, 0.3) is 5.91 Å². The summed E-state index contributed by atoms with van der Waals surface area (Å²) in [5, 5.41) is 12.4. The summed E-state index contributed by atoms with van der Waals surface area (Å²) in [6.45, 7) is 2.62. The summed E-state index contributed by atoms with van der Waals surface area (Å²) in [6.07, 6.45) is 5.92. The third-order valence-corrected chi connectivity index (χ3v) is 5.19. The maximum absolute atomic E-state index is 12.7. The molecule has 2 amide bonds. The minimum Gasteiger partial charge on any atom is -0.493 e. The Labute approximate surface area is 185 Å². The number of benzene rings is 1. The van der Waals surface area contributed by atoms with E-state index in [0.29, 0.717) is 34.6 Å². The van der Waals surface area contributed by atoms with Crippen LogP contribution in [0.2, 0.25) is 0 Å². The van der Waals surface area contributed by atoms with E-state index in [4.69, 9.17) is 15.2 Å². The molecule has 9 nitrogen and oxygen atoms in total. The number of hydrogen-bond donors (Lipinski definition) is 3. The van der Waals surface area contributed by atoms with Crippen LogP contribution < -0.4 is 20.5 Å². The molecule has 0 saturated heterocycles. The lowest BCUT2D eigenvalue weighted by atomic mass is 9.83. The topological polar surface area (TPSA) is 137 Å². The van der Waals surface area contributed by atoms with Crippen molar-refractivity contribution in [1.82, 2.24) is 15.3 Å². The molecule has 0 aliphatic carbocycles. The lowest BCUT2D eigenvalue weighted by molar-refractivity contribution is -0.123. The van der Waals surface area contributed by atoms with Gasteiger partial charge >= 0.3 is 6.09 Å². The highest BCUT2D eigenvalue weighted by Crippen LogP contribution is 2.37. The van der Waals surface area contributed by atoms with Crippen LogP contribution in [0.15, 0.2) is 48.9 Å². The van der Waals surface area contributed by atoms with Crippen LogP contribution >= 0.6 is 0 Å². The molecule has 0 bridgehead atoms. The van der Waals surface area contributed by atoms with E-state index in [1.54, 1.807) is 25.3 Å². The number of methoxy groups -OCH3 is 1. The molecular formula is C23H26N4O5. The molecule has 9 heteroatoms. The van der Waals surface area contributed by atoms with E-state index in [-0.39, 0.29) is 5.56 Å². The number of nitrogens with two attached hydrogens (primary N) is 1. The molecule has 0 fully saturated rings. The standard InChI is InChI=1S/C23H26N4O5/c1-3-4-5-12-32-20-18(31-2)7-6-15-13-17(14-26-19(15)20)23(21(24)28,27-22(29)30)16-8-10-25-11-9-16/h6-11,13-14,27H,3-5,12H2,1-2H3,(H2,24,28)(H,29,30). The maximum Gasteiger partial charge on any atom is 0.406 e. The van der Waals surface area contributed by atoms with Crippen molar-refractivity contribution >= 4 is 22.9 Å². The van der Waals surface area contributed by atoms with Crippen LogP contribution in [0, 0.1) is 0 Å². The largest absolute Gasteiger partial charge is 0.493 e. The smallest absolute Gasteiger partial charge is 0.406 e. The van der Waals surface area contributed by atoms with Gasteiger partial charge in [0.2, 0.25) is 0 Å². The number of amides is 2. The summed E-state index contributed by atoms with van der Waals surface area (Å²) < 4.78 is 11.4. The van der Waals surface area contributed by atoms with Crippen molar-refractivity contribution in [3.63, 3.8) is 0 Å². The Kier molecular flexibility index (Phi) is 7.09. The van der Waals surface area contributed by atoms with Crippen LogP contribution in [-0.2, 0) is 10.3 Å². The Morgan fingerprint density at radius 3 is 2.53 bits per heavy atom. The number of hydrogen-bond acceptors (Lipinski definition) is 6. The van der Waals surface area contributed by atoms with Gasteiger partial charge in [0, 0.05) is 29.5 Å². The van der Waals surface area contributed by atoms with E-state index in [2.05, 4.69) is 22.2 Å². The number of nitrogens with one attached hydrogen (secondary N) is 1. The first-order chi connectivity index (χ1) is 15.4. The van der Waals surface area contributed by atoms with Crippen molar-refractivity contribution in [3.8, 4) is 11.5 Å². The van der Waals surface area contributed by atoms with Crippen molar-refractivity contribution in [3.05, 3.63) is 60.0 Å². The fourth-order valence-electron chi connectivity index (χ4n) is 3.61. The van der Waals surface area contributed by atoms with Crippen LogP contribution in [0.5, 0.6) is 11.5 Å². The predicted molar refractivity (Wildman–Crippen MR) is 119 cm³/mol. The third-order valence-electron chi connectivity index (χ3n) is 5.19. The Hall–Kier alpha value is -3.88. The van der Waals surface area contributed by atoms with Gasteiger partial charge < -0.3 is 20.3 Å². The molecule has 1 atom stereocenters. The molecule has 0 spiro atoms. The molecule has 0 aliphatic heterocycles. The lowest BCUT2D eigenvalue weighted by Crippen LogP contribution is -2.55. The van der Waals surface area contributed by atoms with E-state index in [0.717, 1.165) is 19.3 Å². The number of ether oxygens (including phenoxy) is 2. The molecular weight excluding hydrogens is 412 g/mol. The van der Waals surface area contributed by atoms with Gasteiger partial charge in [0.15, 0.2) is 17.0 Å². The van der Waals surface area contributed by atoms with Gasteiger partial charge in [-0.3, -0.25) is 20.1 Å². The highest BCUT2D eigenvalue weighted by Gasteiger charge is 2.43. The lowest BCUT2D eigenvalue weighted by Gasteiger charge is -2.31. The average molecular weight is 438 g/mol. The van der Waals surface area contributed by atoms with Gasteiger partial charge in [-0.25, -0.2) is 4.79 Å². The highest BCUT2D eigenvalue weighted by atomic mass is 16.5. The summed E-state index contributed by atoms with van der Waals surface area (Å²) in [5.41, 5.74) is 5.02. The van der Waals surface area contributed by atoms with Crippen molar-refractivity contribution in [2.45, 2.75) is 31.7 Å². The number of aromatic nitrogens is 2. The van der Waals surface area contributed by atoms with E-state index >= 15 is 0 Å². The molecule has 0 radical (unpaired) electrons. The van der Waals surface area contributed by atoms with E-state index in [9.17, 15) is 14.7 Å². The van der Waals surface area contributed by atoms with Crippen molar-refractivity contribution in [2.75, 3.05) is 13.7 Å². The first kappa shape index (κ1) is 22.8. The summed E-state index contributed by atoms with van der Waals surface area (Å²) in [7, 11) is 1.55. The normalized spacial score (nSPS) is 12.7. The van der Waals surface area contributed by atoms with Crippen molar-refractivity contribution < 1.29 is 24.2 Å². The molecule has 1 aromatic carbocycles. The second-order valence-electron chi connectivity index (χ2n) is 7.23. The predicted octanol–water partition coefficient (Wildman–Crippen LogP) is 3.20. The van der Waals surface area contributed by atoms with Crippen LogP contribution in [0.25, 0.3) is 10.9 Å². The van der Waals surface area contributed by atoms with Crippen LogP contribution in [0.1, 0.15) is 37.3 Å². The number of fused-ring (bicyclic) bond motifs is 1. The quantitative estimate of drug-likeness (QED) is 0.413. The number of carbonyl (C=O) groups is 2. The number of pyridine rings is 2. The summed E-state index contributed by atoms with van der Waals surface area (Å²) >= 11 is 0. The number of rotatable bonds is 10. The number of carbonyl (C=O) groups excluding carboxylic acids is 1. The van der Waals surface area contributed by atoms with Gasteiger partial charge in [0.05, 0.1) is 13.7 Å². The van der Waals surface area contributed by atoms with Crippen LogP contribution in [0.3, 0.4) is 0 Å². The molecule has 0 aliphatic rings. The second kappa shape index (κ2) is 9.95. The zero-order valence-electron chi connectivity index (χ0n) is 18.0. The van der Waals surface area contributed by atoms with Gasteiger partial charge in [-0.05, 0) is 42.3 Å². The van der Waals surface area contributed by atoms with E-state index in [1.165, 1.54) is 30.7 Å². The Balaban J connectivity index is 2.16. The van der Waals surface area contributed by atoms with Gasteiger partial charge in [0.1, 0.15) is 5.52 Å². The molecule has 2 aromatic heterocycles. The molecule has 4 N–H and O–H groups in total. The fourth-order valence-corrected chi connectivity index (χ4v) is 3.61. The van der Waals surface area contributed by atoms with Crippen LogP contribution in [0.4, 0.5) is 4.79 Å². The number of unbranched alkanes of at least 4 members (excludes halogenated alkanes) is 2. The first-order valence-electron chi connectivity index (χ1n) is 10.3. The third kappa shape index (κ3) is 4.41. The molecule has 1 unspecified atom stereocenters. The van der Waals surface area contributed by atoms with Gasteiger partial charge in [-0.15, -0.1) is 0 Å². The summed E-state index contributed by atoms with van der Waals surface area (Å²) in [4.78, 5) is 32.8. The average Bonchev–Trinajstić information content (AvgIpc) is 2.80. The second-order valence-corrected chi connectivity index (χ2v) is 7.23. The van der Waals surface area contributed by atoms with Gasteiger partial charge in [-0.1, -0.05) is 19.8 Å². The maximum atomic E-state index is 12.7. The van der Waals surface area contributed by atoms with Crippen LogP contribution in [-0.4, -0.2) is 40.8 Å². The summed E-state index contributed by atoms with van der Waals surface area (Å²) in [6, 6.07) is 8.23. The van der Waals surface area contributed by atoms with Crippen molar-refractivity contribution in [1.29, 1.82) is 0 Å². The molecule has 3 aromatic rings. The molecule has 32 heavy (non-hydrogen) atoms. The number of nitrogens with zero attached hydrogens (tertiary/aromatic N) is 2. The Morgan fingerprint density at radius 1 is 1.16 bits per heavy atom. The minimum atomic E-state index is -1.85. The SMILES string of the molecule is CCCCCOc1c(OC)ccc2cc(C(NC(=O)O)(C(N)=O)c3ccncc3)cnc12. The van der Waals surface area contributed by atoms with Gasteiger partial charge in [-0.2, -0.15) is 0 Å². The molecule has 168 valence electrons. The minimum absolute atomic E-state index is 0.271. The molecule has 3 rings (SSSR count). The highest BCUT2D eigenvalue weighted by molar-refractivity contribution is 5.95. The molecule has 0 saturated carbocycles.